The zero-order valence-corrected chi connectivity index (χ0v) is 15.5. The Bertz CT molecular complexity index is 577. The predicted molar refractivity (Wildman–Crippen MR) is 89.9 cm³/mol. The van der Waals surface area contributed by atoms with Crippen LogP contribution in [0.25, 0.3) is 0 Å². The van der Waals surface area contributed by atoms with Crippen LogP contribution >= 0.6 is 24.1 Å². The standard InChI is InChI=1S/C16H18F6O2S2/c1-23-25-15(19,20)14(17,18)16(21,22)26-24-13-9-7-12(8-10-13)11-5-3-2-4-6-11/h7-11H,2-6H2,1H3. The van der Waals surface area contributed by atoms with E-state index >= 15 is 0 Å². The van der Waals surface area contributed by atoms with Crippen LogP contribution in [0, 0.1) is 0 Å². The molecule has 10 heteroatoms. The van der Waals surface area contributed by atoms with Gasteiger partial charge >= 0.3 is 16.4 Å². The number of hydrogen-bond donors (Lipinski definition) is 0. The highest BCUT2D eigenvalue weighted by molar-refractivity contribution is 7.97. The van der Waals surface area contributed by atoms with Crippen LogP contribution in [0.3, 0.4) is 0 Å². The molecule has 1 saturated carbocycles. The van der Waals surface area contributed by atoms with Gasteiger partial charge in [-0.3, -0.25) is 0 Å². The molecule has 1 aliphatic carbocycles. The smallest absolute Gasteiger partial charge is 0.398 e. The molecule has 0 aromatic heterocycles. The lowest BCUT2D eigenvalue weighted by molar-refractivity contribution is -0.239. The Morgan fingerprint density at radius 3 is 1.92 bits per heavy atom. The van der Waals surface area contributed by atoms with E-state index in [4.69, 9.17) is 0 Å². The first kappa shape index (κ1) is 21.6. The lowest BCUT2D eigenvalue weighted by Crippen LogP contribution is -2.51. The second-order valence-corrected chi connectivity index (χ2v) is 7.79. The molecule has 1 aromatic carbocycles. The Balaban J connectivity index is 2.00. The maximum Gasteiger partial charge on any atom is 0.398 e. The van der Waals surface area contributed by atoms with Gasteiger partial charge in [0.05, 0.1) is 19.2 Å². The average Bonchev–Trinajstić information content (AvgIpc) is 2.61. The Kier molecular flexibility index (Phi) is 7.06. The summed E-state index contributed by atoms with van der Waals surface area (Å²) in [5.41, 5.74) is 1.02. The van der Waals surface area contributed by atoms with Crippen molar-refractivity contribution in [2.45, 2.75) is 54.5 Å². The zero-order chi connectivity index (χ0) is 19.4. The molecule has 0 radical (unpaired) electrons. The molecule has 0 heterocycles. The van der Waals surface area contributed by atoms with Gasteiger partial charge in [0.1, 0.15) is 17.8 Å². The minimum atomic E-state index is -5.67. The first-order valence-electron chi connectivity index (χ1n) is 7.91. The molecular weight excluding hydrogens is 402 g/mol. The third-order valence-corrected chi connectivity index (χ3v) is 5.49. The number of alkyl halides is 6. The highest BCUT2D eigenvalue weighted by Gasteiger charge is 2.74. The van der Waals surface area contributed by atoms with Crippen molar-refractivity contribution >= 4 is 24.1 Å². The van der Waals surface area contributed by atoms with Gasteiger partial charge in [-0.1, -0.05) is 31.4 Å². The van der Waals surface area contributed by atoms with Crippen molar-refractivity contribution in [1.29, 1.82) is 0 Å². The van der Waals surface area contributed by atoms with Crippen LogP contribution in [0.5, 0.6) is 5.75 Å². The molecule has 1 aromatic rings. The van der Waals surface area contributed by atoms with Crippen molar-refractivity contribution < 1.29 is 34.7 Å². The Morgan fingerprint density at radius 2 is 1.38 bits per heavy atom. The summed E-state index contributed by atoms with van der Waals surface area (Å²) >= 11 is -2.02. The lowest BCUT2D eigenvalue weighted by Gasteiger charge is -2.29. The summed E-state index contributed by atoms with van der Waals surface area (Å²) in [7, 11) is 0.685. The van der Waals surface area contributed by atoms with Crippen LogP contribution in [-0.2, 0) is 4.18 Å². The minimum absolute atomic E-state index is 0.118. The molecule has 0 N–H and O–H groups in total. The van der Waals surface area contributed by atoms with E-state index in [0.717, 1.165) is 31.2 Å². The van der Waals surface area contributed by atoms with E-state index in [1.54, 1.807) is 12.1 Å². The maximum atomic E-state index is 13.6. The van der Waals surface area contributed by atoms with Gasteiger partial charge in [0.15, 0.2) is 0 Å². The fraction of sp³-hybridized carbons (Fsp3) is 0.625. The minimum Gasteiger partial charge on any atom is -0.419 e. The van der Waals surface area contributed by atoms with E-state index in [1.807, 2.05) is 0 Å². The summed E-state index contributed by atoms with van der Waals surface area (Å²) in [4.78, 5) is 0. The molecule has 26 heavy (non-hydrogen) atoms. The molecule has 0 aliphatic heterocycles. The SMILES string of the molecule is COSC(F)(F)C(F)(F)C(F)(F)SOc1ccc(C2CCCCC2)cc1. The van der Waals surface area contributed by atoms with Gasteiger partial charge in [-0.15, -0.1) is 0 Å². The number of rotatable bonds is 8. The molecule has 0 unspecified atom stereocenters. The normalized spacial score (nSPS) is 17.3. The monoisotopic (exact) mass is 420 g/mol. The van der Waals surface area contributed by atoms with E-state index in [0.29, 0.717) is 13.0 Å². The van der Waals surface area contributed by atoms with Crippen LogP contribution in [0.15, 0.2) is 24.3 Å². The Hall–Kier alpha value is -0.740. The van der Waals surface area contributed by atoms with Crippen molar-refractivity contribution in [3.8, 4) is 5.75 Å². The van der Waals surface area contributed by atoms with Crippen LogP contribution < -0.4 is 4.18 Å². The van der Waals surface area contributed by atoms with Gasteiger partial charge in [-0.2, -0.15) is 26.3 Å². The van der Waals surface area contributed by atoms with Crippen LogP contribution in [0.1, 0.15) is 43.6 Å². The van der Waals surface area contributed by atoms with Crippen LogP contribution in [0.2, 0.25) is 0 Å². The predicted octanol–water partition coefficient (Wildman–Crippen LogP) is 6.88. The van der Waals surface area contributed by atoms with Crippen molar-refractivity contribution in [3.05, 3.63) is 29.8 Å². The highest BCUT2D eigenvalue weighted by Crippen LogP contribution is 2.55. The van der Waals surface area contributed by atoms with Crippen molar-refractivity contribution in [3.63, 3.8) is 0 Å². The molecule has 2 nitrogen and oxygen atoms in total. The molecular formula is C16H18F6O2S2. The highest BCUT2D eigenvalue weighted by atomic mass is 32.2. The molecule has 2 rings (SSSR count). The quantitative estimate of drug-likeness (QED) is 0.337. The van der Waals surface area contributed by atoms with E-state index < -0.39 is 40.5 Å². The van der Waals surface area contributed by atoms with Gasteiger partial charge in [-0.25, -0.2) is 0 Å². The third-order valence-electron chi connectivity index (χ3n) is 4.12. The second-order valence-electron chi connectivity index (χ2n) is 5.93. The molecule has 0 amide bonds. The molecule has 0 saturated heterocycles. The maximum absolute atomic E-state index is 13.6. The third kappa shape index (κ3) is 4.75. The van der Waals surface area contributed by atoms with Gasteiger partial charge < -0.3 is 8.37 Å². The van der Waals surface area contributed by atoms with Crippen molar-refractivity contribution in [2.24, 2.45) is 0 Å². The molecule has 0 atom stereocenters. The fourth-order valence-corrected chi connectivity index (χ4v) is 3.76. The fourth-order valence-electron chi connectivity index (χ4n) is 2.71. The van der Waals surface area contributed by atoms with E-state index in [2.05, 4.69) is 8.37 Å². The van der Waals surface area contributed by atoms with E-state index in [1.165, 1.54) is 18.6 Å². The molecule has 148 valence electrons. The van der Waals surface area contributed by atoms with Crippen LogP contribution in [-0.4, -0.2) is 23.5 Å². The summed E-state index contributed by atoms with van der Waals surface area (Å²) < 4.78 is 89.0. The topological polar surface area (TPSA) is 18.5 Å². The van der Waals surface area contributed by atoms with Gasteiger partial charge in [-0.05, 0) is 36.5 Å². The van der Waals surface area contributed by atoms with Crippen molar-refractivity contribution in [1.82, 2.24) is 0 Å². The number of benzene rings is 1. The Morgan fingerprint density at radius 1 is 0.846 bits per heavy atom. The first-order chi connectivity index (χ1) is 12.1. The molecule has 1 fully saturated rings. The van der Waals surface area contributed by atoms with Crippen molar-refractivity contribution in [2.75, 3.05) is 7.11 Å². The first-order valence-corrected chi connectivity index (χ1v) is 9.40. The van der Waals surface area contributed by atoms with Crippen LogP contribution in [0.4, 0.5) is 26.3 Å². The second kappa shape index (κ2) is 8.52. The zero-order valence-electron chi connectivity index (χ0n) is 13.8. The largest absolute Gasteiger partial charge is 0.419 e. The average molecular weight is 420 g/mol. The summed E-state index contributed by atoms with van der Waals surface area (Å²) in [6.07, 6.45) is 5.49. The lowest BCUT2D eigenvalue weighted by atomic mass is 9.84. The Labute approximate surface area is 156 Å². The van der Waals surface area contributed by atoms with Gasteiger partial charge in [0, 0.05) is 0 Å². The van der Waals surface area contributed by atoms with Gasteiger partial charge in [0.2, 0.25) is 0 Å². The van der Waals surface area contributed by atoms with Gasteiger partial charge in [0.25, 0.3) is 0 Å². The summed E-state index contributed by atoms with van der Waals surface area (Å²) in [5, 5.41) is -10.3. The van der Waals surface area contributed by atoms with E-state index in [9.17, 15) is 26.3 Å². The number of hydrogen-bond acceptors (Lipinski definition) is 4. The number of halogens is 6. The van der Waals surface area contributed by atoms with E-state index in [-0.39, 0.29) is 5.75 Å². The molecule has 0 spiro atoms. The molecule has 0 bridgehead atoms. The molecule has 1 aliphatic rings. The summed E-state index contributed by atoms with van der Waals surface area (Å²) in [5.74, 6) is -5.42. The summed E-state index contributed by atoms with van der Waals surface area (Å²) in [6, 6.07) is 6.09. The summed E-state index contributed by atoms with van der Waals surface area (Å²) in [6.45, 7) is 0.